The molecule has 3 aliphatic heterocycles. The molecule has 0 spiro atoms. The predicted octanol–water partition coefficient (Wildman–Crippen LogP) is 1.30. The molecule has 3 saturated heterocycles. The number of carbonyl (C=O) groups is 2. The molecule has 3 heterocycles. The maximum atomic E-state index is 12.8. The van der Waals surface area contributed by atoms with E-state index in [4.69, 9.17) is 4.74 Å². The summed E-state index contributed by atoms with van der Waals surface area (Å²) >= 11 is 0. The van der Waals surface area contributed by atoms with Crippen LogP contribution in [0, 0.1) is 17.8 Å². The monoisotopic (exact) mass is 363 g/mol. The lowest BCUT2D eigenvalue weighted by Gasteiger charge is -2.41. The topological polar surface area (TPSA) is 70.7 Å². The summed E-state index contributed by atoms with van der Waals surface area (Å²) in [7, 11) is 0. The average Bonchev–Trinajstić information content (AvgIpc) is 3.09. The first kappa shape index (κ1) is 18.2. The van der Waals surface area contributed by atoms with Crippen molar-refractivity contribution in [2.75, 3.05) is 26.2 Å². The molecule has 6 heteroatoms. The molecule has 0 aromatic heterocycles. The van der Waals surface area contributed by atoms with Gasteiger partial charge in [0.2, 0.25) is 11.8 Å². The van der Waals surface area contributed by atoms with Crippen LogP contribution >= 0.6 is 0 Å². The van der Waals surface area contributed by atoms with E-state index < -0.39 is 0 Å². The third-order valence-corrected chi connectivity index (χ3v) is 6.85. The number of amides is 2. The van der Waals surface area contributed by atoms with E-state index in [1.54, 1.807) is 0 Å². The zero-order valence-electron chi connectivity index (χ0n) is 16.1. The highest BCUT2D eigenvalue weighted by Gasteiger charge is 2.63. The molecule has 26 heavy (non-hydrogen) atoms. The maximum Gasteiger partial charge on any atom is 0.240 e. The lowest BCUT2D eigenvalue weighted by atomic mass is 9.72. The van der Waals surface area contributed by atoms with Gasteiger partial charge in [-0.25, -0.2) is 0 Å². The predicted molar refractivity (Wildman–Crippen MR) is 98.5 cm³/mol. The second-order valence-electron chi connectivity index (χ2n) is 9.19. The number of nitrogens with one attached hydrogen (secondary N) is 2. The lowest BCUT2D eigenvalue weighted by molar-refractivity contribution is -0.135. The maximum absolute atomic E-state index is 12.8. The molecule has 0 aromatic rings. The van der Waals surface area contributed by atoms with Crippen LogP contribution in [0.15, 0.2) is 0 Å². The van der Waals surface area contributed by atoms with Crippen molar-refractivity contribution < 1.29 is 14.3 Å². The van der Waals surface area contributed by atoms with Crippen LogP contribution in [0.4, 0.5) is 0 Å². The van der Waals surface area contributed by atoms with Crippen molar-refractivity contribution in [3.63, 3.8) is 0 Å². The zero-order chi connectivity index (χ0) is 18.3. The van der Waals surface area contributed by atoms with E-state index in [1.807, 2.05) is 0 Å². The average molecular weight is 364 g/mol. The molecule has 2 aliphatic carbocycles. The van der Waals surface area contributed by atoms with Crippen LogP contribution in [-0.2, 0) is 14.3 Å². The van der Waals surface area contributed by atoms with Crippen LogP contribution in [0.2, 0.25) is 0 Å². The molecule has 2 bridgehead atoms. The highest BCUT2D eigenvalue weighted by molar-refractivity contribution is 5.88. The summed E-state index contributed by atoms with van der Waals surface area (Å²) in [6.45, 7) is 7.32. The number of carbonyl (C=O) groups excluding carboxylic acids is 2. The molecule has 5 rings (SSSR count). The quantitative estimate of drug-likeness (QED) is 0.682. The molecule has 0 radical (unpaired) electrons. The Bertz CT molecular complexity index is 557. The molecule has 2 unspecified atom stereocenters. The zero-order valence-corrected chi connectivity index (χ0v) is 16.1. The first-order valence-corrected chi connectivity index (χ1v) is 10.4. The number of fused-ring (bicyclic) bond motifs is 1. The van der Waals surface area contributed by atoms with Gasteiger partial charge < -0.3 is 15.4 Å². The summed E-state index contributed by atoms with van der Waals surface area (Å²) in [6.07, 6.45) is 6.15. The van der Waals surface area contributed by atoms with Crippen molar-refractivity contribution in [1.29, 1.82) is 0 Å². The molecule has 2 N–H and O–H groups in total. The fourth-order valence-corrected chi connectivity index (χ4v) is 4.97. The van der Waals surface area contributed by atoms with Crippen LogP contribution in [0.25, 0.3) is 0 Å². The molecule has 6 nitrogen and oxygen atoms in total. The van der Waals surface area contributed by atoms with E-state index in [1.165, 1.54) is 12.8 Å². The molecule has 146 valence electrons. The Morgan fingerprint density at radius 1 is 1.19 bits per heavy atom. The number of hydrogen-bond donors (Lipinski definition) is 2. The number of ether oxygens (including phenoxy) is 1. The number of nitrogens with zero attached hydrogens (tertiary/aromatic N) is 1. The van der Waals surface area contributed by atoms with Crippen molar-refractivity contribution >= 4 is 11.8 Å². The number of hydrogen-bond acceptors (Lipinski definition) is 4. The van der Waals surface area contributed by atoms with E-state index in [-0.39, 0.29) is 29.4 Å². The first-order chi connectivity index (χ1) is 12.5. The molecule has 2 saturated carbocycles. The van der Waals surface area contributed by atoms with Crippen LogP contribution in [0.3, 0.4) is 0 Å². The molecule has 3 atom stereocenters. The summed E-state index contributed by atoms with van der Waals surface area (Å²) < 4.78 is 5.61. The van der Waals surface area contributed by atoms with Gasteiger partial charge in [0.1, 0.15) is 5.54 Å². The summed E-state index contributed by atoms with van der Waals surface area (Å²) in [4.78, 5) is 27.4. The first-order valence-electron chi connectivity index (χ1n) is 10.4. The van der Waals surface area contributed by atoms with Gasteiger partial charge in [-0.15, -0.1) is 0 Å². The van der Waals surface area contributed by atoms with E-state index >= 15 is 0 Å². The summed E-state index contributed by atoms with van der Waals surface area (Å²) in [5.74, 6) is 1.69. The smallest absolute Gasteiger partial charge is 0.240 e. The van der Waals surface area contributed by atoms with Crippen LogP contribution in [-0.4, -0.2) is 60.6 Å². The Balaban J connectivity index is 1.16. The Morgan fingerprint density at radius 2 is 1.92 bits per heavy atom. The lowest BCUT2D eigenvalue weighted by Crippen LogP contribution is -2.58. The summed E-state index contributed by atoms with van der Waals surface area (Å²) in [5.41, 5.74) is -0.204. The van der Waals surface area contributed by atoms with Gasteiger partial charge in [0.25, 0.3) is 0 Å². The minimum atomic E-state index is -0.204. The highest BCUT2D eigenvalue weighted by Crippen LogP contribution is 2.54. The highest BCUT2D eigenvalue weighted by atomic mass is 16.5. The van der Waals surface area contributed by atoms with E-state index in [0.29, 0.717) is 31.5 Å². The fraction of sp³-hybridized carbons (Fsp3) is 0.900. The Labute approximate surface area is 156 Å². The van der Waals surface area contributed by atoms with Crippen molar-refractivity contribution in [1.82, 2.24) is 15.5 Å². The Morgan fingerprint density at radius 3 is 2.58 bits per heavy atom. The van der Waals surface area contributed by atoms with Gasteiger partial charge in [-0.3, -0.25) is 14.5 Å². The molecular formula is C20H33N3O3. The normalized spacial score (nSPS) is 37.2. The van der Waals surface area contributed by atoms with Gasteiger partial charge in [-0.1, -0.05) is 13.8 Å². The third-order valence-electron chi connectivity index (χ3n) is 6.85. The van der Waals surface area contributed by atoms with Gasteiger partial charge in [-0.05, 0) is 49.9 Å². The summed E-state index contributed by atoms with van der Waals surface area (Å²) in [6, 6.07) is 0.658. The fourth-order valence-electron chi connectivity index (χ4n) is 4.97. The van der Waals surface area contributed by atoms with Crippen LogP contribution in [0.5, 0.6) is 0 Å². The van der Waals surface area contributed by atoms with Crippen molar-refractivity contribution in [2.24, 2.45) is 17.8 Å². The van der Waals surface area contributed by atoms with Crippen LogP contribution < -0.4 is 10.6 Å². The Kier molecular flexibility index (Phi) is 4.99. The minimum absolute atomic E-state index is 0.0538. The molecule has 2 amide bonds. The molecular weight excluding hydrogens is 330 g/mol. The van der Waals surface area contributed by atoms with Gasteiger partial charge >= 0.3 is 0 Å². The van der Waals surface area contributed by atoms with Crippen molar-refractivity contribution in [3.8, 4) is 0 Å². The second kappa shape index (κ2) is 7.12. The SMILES string of the molecule is CC1CCOC1CC(=O)NC[C@@H](C)CNC(=O)C12CC(CN1C1CC1)C2. The largest absolute Gasteiger partial charge is 0.377 e. The van der Waals surface area contributed by atoms with Crippen LogP contribution in [0.1, 0.15) is 52.4 Å². The molecule has 0 aromatic carbocycles. The Hall–Kier alpha value is -1.14. The van der Waals surface area contributed by atoms with Gasteiger partial charge in [0.05, 0.1) is 12.5 Å². The number of rotatable bonds is 8. The standard InChI is InChI=1S/C20H33N3O3/c1-13(10-21-18(24)7-17-14(2)5-6-26-17)11-22-19(25)20-8-15(9-20)12-23(20)16-3-4-16/h13-17H,3-12H2,1-2H3,(H,21,24)(H,22,25)/t13-,14?,15?,17?,20?/m1/s1. The van der Waals surface area contributed by atoms with E-state index in [2.05, 4.69) is 29.4 Å². The van der Waals surface area contributed by atoms with E-state index in [9.17, 15) is 9.59 Å². The van der Waals surface area contributed by atoms with Crippen molar-refractivity contribution in [3.05, 3.63) is 0 Å². The summed E-state index contributed by atoms with van der Waals surface area (Å²) in [5, 5.41) is 6.16. The molecule has 5 fully saturated rings. The third kappa shape index (κ3) is 3.50. The van der Waals surface area contributed by atoms with Gasteiger partial charge in [0.15, 0.2) is 0 Å². The van der Waals surface area contributed by atoms with Gasteiger partial charge in [0, 0.05) is 32.3 Å². The minimum Gasteiger partial charge on any atom is -0.377 e. The second-order valence-corrected chi connectivity index (χ2v) is 9.19. The van der Waals surface area contributed by atoms with E-state index in [0.717, 1.165) is 38.3 Å². The van der Waals surface area contributed by atoms with Gasteiger partial charge in [-0.2, -0.15) is 0 Å². The van der Waals surface area contributed by atoms with Crippen molar-refractivity contribution in [2.45, 2.75) is 70.1 Å². The molecule has 5 aliphatic rings.